The Morgan fingerprint density at radius 2 is 2.07 bits per heavy atom. The molecule has 1 amide bonds. The minimum absolute atomic E-state index is 0.310. The number of benzene rings is 1. The van der Waals surface area contributed by atoms with Gasteiger partial charge in [0.2, 0.25) is 0 Å². The zero-order valence-electron chi connectivity index (χ0n) is 15.6. The van der Waals surface area contributed by atoms with Crippen molar-refractivity contribution in [2.45, 2.75) is 19.3 Å². The number of rotatable bonds is 7. The maximum absolute atomic E-state index is 11.1. The highest BCUT2D eigenvalue weighted by Crippen LogP contribution is 2.31. The number of carbonyl (C=O) groups excluding carboxylic acids is 1. The van der Waals surface area contributed by atoms with E-state index in [1.165, 1.54) is 25.9 Å². The van der Waals surface area contributed by atoms with E-state index >= 15 is 0 Å². The van der Waals surface area contributed by atoms with Gasteiger partial charge in [-0.25, -0.2) is 9.78 Å². The van der Waals surface area contributed by atoms with Gasteiger partial charge in [0.15, 0.2) is 5.75 Å². The Hall–Kier alpha value is -3.13. The van der Waals surface area contributed by atoms with E-state index < -0.39 is 6.09 Å². The summed E-state index contributed by atoms with van der Waals surface area (Å²) < 4.78 is 11.1. The van der Waals surface area contributed by atoms with Gasteiger partial charge in [-0.3, -0.25) is 4.98 Å². The van der Waals surface area contributed by atoms with E-state index in [-0.39, 0.29) is 0 Å². The van der Waals surface area contributed by atoms with Gasteiger partial charge in [0.05, 0.1) is 17.7 Å². The number of fused-ring (bicyclic) bond motifs is 1. The van der Waals surface area contributed by atoms with E-state index in [1.54, 1.807) is 24.5 Å². The molecule has 1 aliphatic rings. The number of likely N-dealkylation sites (tertiary alicyclic amines) is 1. The summed E-state index contributed by atoms with van der Waals surface area (Å²) in [5, 5.41) is 0. The molecule has 0 radical (unpaired) electrons. The van der Waals surface area contributed by atoms with Crippen molar-refractivity contribution in [2.75, 3.05) is 26.2 Å². The summed E-state index contributed by atoms with van der Waals surface area (Å²) in [5.41, 5.74) is 7.15. The molecule has 3 aromatic rings. The van der Waals surface area contributed by atoms with Crippen molar-refractivity contribution in [3.63, 3.8) is 0 Å². The first-order valence-corrected chi connectivity index (χ1v) is 9.46. The van der Waals surface area contributed by atoms with Gasteiger partial charge in [-0.05, 0) is 50.6 Å². The fourth-order valence-electron chi connectivity index (χ4n) is 3.49. The first kappa shape index (κ1) is 18.2. The number of nitrogens with two attached hydrogens (primary N) is 1. The SMILES string of the molecule is NC(=O)Oc1cccc2[nH]c(-c3cnccc3OCCCN3CCCC3)nc12. The van der Waals surface area contributed by atoms with Crippen LogP contribution >= 0.6 is 0 Å². The van der Waals surface area contributed by atoms with Crippen molar-refractivity contribution >= 4 is 17.1 Å². The number of para-hydroxylation sites is 1. The molecule has 146 valence electrons. The van der Waals surface area contributed by atoms with Crippen LogP contribution < -0.4 is 15.2 Å². The minimum Gasteiger partial charge on any atom is -0.493 e. The molecule has 4 rings (SSSR count). The number of pyridine rings is 1. The van der Waals surface area contributed by atoms with Crippen LogP contribution in [-0.4, -0.2) is 52.2 Å². The monoisotopic (exact) mass is 381 g/mol. The molecule has 0 bridgehead atoms. The Morgan fingerprint density at radius 3 is 2.89 bits per heavy atom. The van der Waals surface area contributed by atoms with Gasteiger partial charge in [-0.2, -0.15) is 0 Å². The Balaban J connectivity index is 1.51. The van der Waals surface area contributed by atoms with E-state index in [9.17, 15) is 4.79 Å². The summed E-state index contributed by atoms with van der Waals surface area (Å²) in [6, 6.07) is 7.10. The second kappa shape index (κ2) is 8.26. The fourth-order valence-corrected chi connectivity index (χ4v) is 3.49. The lowest BCUT2D eigenvalue weighted by atomic mass is 10.2. The third-order valence-electron chi connectivity index (χ3n) is 4.80. The molecule has 0 aliphatic carbocycles. The van der Waals surface area contributed by atoms with Crippen LogP contribution in [0.3, 0.4) is 0 Å². The highest BCUT2D eigenvalue weighted by Gasteiger charge is 2.15. The van der Waals surface area contributed by atoms with Gasteiger partial charge in [0.25, 0.3) is 0 Å². The van der Waals surface area contributed by atoms with Crippen LogP contribution in [0.15, 0.2) is 36.7 Å². The van der Waals surface area contributed by atoms with Crippen LogP contribution in [0.5, 0.6) is 11.5 Å². The summed E-state index contributed by atoms with van der Waals surface area (Å²) in [6.07, 6.45) is 6.09. The molecule has 0 saturated carbocycles. The summed E-state index contributed by atoms with van der Waals surface area (Å²) in [7, 11) is 0. The Labute approximate surface area is 162 Å². The minimum atomic E-state index is -0.875. The van der Waals surface area contributed by atoms with Crippen LogP contribution in [0, 0.1) is 0 Å². The molecular formula is C20H23N5O3. The van der Waals surface area contributed by atoms with Gasteiger partial charge in [0.1, 0.15) is 17.1 Å². The zero-order valence-corrected chi connectivity index (χ0v) is 15.6. The standard InChI is InChI=1S/C20H23N5O3/c21-20(26)28-17-6-3-5-15-18(17)24-19(23-15)14-13-22-8-7-16(14)27-12-4-11-25-9-1-2-10-25/h3,5-8,13H,1-2,4,9-12H2,(H2,21,26)(H,23,24). The number of imidazole rings is 1. The van der Waals surface area contributed by atoms with Crippen molar-refractivity contribution < 1.29 is 14.3 Å². The van der Waals surface area contributed by atoms with Gasteiger partial charge in [0, 0.05) is 18.9 Å². The van der Waals surface area contributed by atoms with Crippen LogP contribution in [0.1, 0.15) is 19.3 Å². The lowest BCUT2D eigenvalue weighted by molar-refractivity contribution is 0.211. The molecular weight excluding hydrogens is 358 g/mol. The maximum Gasteiger partial charge on any atom is 0.410 e. The molecule has 3 N–H and O–H groups in total. The average Bonchev–Trinajstić information content (AvgIpc) is 3.35. The van der Waals surface area contributed by atoms with Crippen molar-refractivity contribution in [3.05, 3.63) is 36.7 Å². The molecule has 1 aromatic carbocycles. The zero-order chi connectivity index (χ0) is 19.3. The summed E-state index contributed by atoms with van der Waals surface area (Å²) in [4.78, 5) is 25.6. The number of amides is 1. The molecule has 1 aliphatic heterocycles. The molecule has 3 heterocycles. The van der Waals surface area contributed by atoms with Crippen molar-refractivity contribution in [3.8, 4) is 22.9 Å². The lowest BCUT2D eigenvalue weighted by Crippen LogP contribution is -2.21. The van der Waals surface area contributed by atoms with Gasteiger partial charge in [-0.1, -0.05) is 6.07 Å². The van der Waals surface area contributed by atoms with Crippen LogP contribution in [0.25, 0.3) is 22.4 Å². The summed E-state index contributed by atoms with van der Waals surface area (Å²) >= 11 is 0. The number of carbonyl (C=O) groups is 1. The highest BCUT2D eigenvalue weighted by atomic mass is 16.5. The van der Waals surface area contributed by atoms with E-state index in [0.29, 0.717) is 29.4 Å². The molecule has 8 nitrogen and oxygen atoms in total. The number of primary amides is 1. The van der Waals surface area contributed by atoms with E-state index in [4.69, 9.17) is 15.2 Å². The number of aromatic amines is 1. The van der Waals surface area contributed by atoms with Crippen LogP contribution in [0.4, 0.5) is 4.79 Å². The molecule has 1 saturated heterocycles. The Morgan fingerprint density at radius 1 is 1.21 bits per heavy atom. The number of aromatic nitrogens is 3. The average molecular weight is 381 g/mol. The van der Waals surface area contributed by atoms with E-state index in [1.807, 2.05) is 12.1 Å². The van der Waals surface area contributed by atoms with Crippen molar-refractivity contribution in [1.82, 2.24) is 19.9 Å². The highest BCUT2D eigenvalue weighted by molar-refractivity contribution is 5.87. The largest absolute Gasteiger partial charge is 0.493 e. The second-order valence-electron chi connectivity index (χ2n) is 6.78. The van der Waals surface area contributed by atoms with Crippen molar-refractivity contribution in [2.24, 2.45) is 5.73 Å². The van der Waals surface area contributed by atoms with Crippen LogP contribution in [-0.2, 0) is 0 Å². The molecule has 0 spiro atoms. The Kier molecular flexibility index (Phi) is 5.38. The number of hydrogen-bond donors (Lipinski definition) is 2. The van der Waals surface area contributed by atoms with Crippen molar-refractivity contribution in [1.29, 1.82) is 0 Å². The lowest BCUT2D eigenvalue weighted by Gasteiger charge is -2.15. The second-order valence-corrected chi connectivity index (χ2v) is 6.78. The Bertz CT molecular complexity index is 965. The topological polar surface area (TPSA) is 106 Å². The third-order valence-corrected chi connectivity index (χ3v) is 4.80. The molecule has 8 heteroatoms. The quantitative estimate of drug-likeness (QED) is 0.610. The first-order valence-electron chi connectivity index (χ1n) is 9.46. The number of ether oxygens (including phenoxy) is 2. The van der Waals surface area contributed by atoms with E-state index in [0.717, 1.165) is 24.0 Å². The predicted octanol–water partition coefficient (Wildman–Crippen LogP) is 2.95. The van der Waals surface area contributed by atoms with Gasteiger partial charge >= 0.3 is 6.09 Å². The fraction of sp³-hybridized carbons (Fsp3) is 0.350. The van der Waals surface area contributed by atoms with Gasteiger partial charge < -0.3 is 25.1 Å². The molecule has 28 heavy (non-hydrogen) atoms. The van der Waals surface area contributed by atoms with E-state index in [2.05, 4.69) is 19.9 Å². The number of nitrogens with zero attached hydrogens (tertiary/aromatic N) is 3. The third kappa shape index (κ3) is 4.07. The van der Waals surface area contributed by atoms with Crippen LogP contribution in [0.2, 0.25) is 0 Å². The van der Waals surface area contributed by atoms with Gasteiger partial charge in [-0.15, -0.1) is 0 Å². The molecule has 0 unspecified atom stereocenters. The normalized spacial score (nSPS) is 14.4. The molecule has 1 fully saturated rings. The predicted molar refractivity (Wildman–Crippen MR) is 105 cm³/mol. The summed E-state index contributed by atoms with van der Waals surface area (Å²) in [6.45, 7) is 4.06. The molecule has 0 atom stereocenters. The molecule has 2 aromatic heterocycles. The number of nitrogens with one attached hydrogen (secondary N) is 1. The smallest absolute Gasteiger partial charge is 0.410 e. The first-order chi connectivity index (χ1) is 13.7. The maximum atomic E-state index is 11.1. The number of H-pyrrole nitrogens is 1. The summed E-state index contributed by atoms with van der Waals surface area (Å²) in [5.74, 6) is 1.62. The number of hydrogen-bond acceptors (Lipinski definition) is 6.